The Morgan fingerprint density at radius 1 is 0.857 bits per heavy atom. The molecule has 0 aliphatic heterocycles. The van der Waals surface area contributed by atoms with Gasteiger partial charge in [-0.1, -0.05) is 17.7 Å². The highest BCUT2D eigenvalue weighted by atomic mass is 16.5. The number of methoxy groups -OCH3 is 3. The Balaban J connectivity index is 1.85. The number of hydrogen-bond donors (Lipinski definition) is 2. The fraction of sp³-hybridized carbons (Fsp3) is 0.250. The summed E-state index contributed by atoms with van der Waals surface area (Å²) in [4.78, 5) is 4.47. The molecule has 0 saturated heterocycles. The third kappa shape index (κ3) is 4.22. The van der Waals surface area contributed by atoms with Gasteiger partial charge in [-0.2, -0.15) is 10.1 Å². The quantitative estimate of drug-likeness (QED) is 0.635. The number of aryl methyl sites for hydroxylation is 2. The molecule has 3 aromatic rings. The summed E-state index contributed by atoms with van der Waals surface area (Å²) in [7, 11) is 4.68. The second kappa shape index (κ2) is 8.43. The van der Waals surface area contributed by atoms with Crippen LogP contribution in [0.15, 0.2) is 36.5 Å². The molecule has 0 radical (unpaired) electrons. The highest BCUT2D eigenvalue weighted by Gasteiger charge is 2.14. The van der Waals surface area contributed by atoms with Crippen LogP contribution in [0.25, 0.3) is 0 Å². The van der Waals surface area contributed by atoms with Crippen molar-refractivity contribution in [1.82, 2.24) is 15.2 Å². The van der Waals surface area contributed by atoms with Crippen molar-refractivity contribution >= 4 is 23.1 Å². The summed E-state index contributed by atoms with van der Waals surface area (Å²) in [6.07, 6.45) is 1.57. The molecule has 8 nitrogen and oxygen atoms in total. The molecule has 0 aliphatic rings. The van der Waals surface area contributed by atoms with Gasteiger partial charge < -0.3 is 24.8 Å². The van der Waals surface area contributed by atoms with Crippen LogP contribution in [-0.4, -0.2) is 36.5 Å². The van der Waals surface area contributed by atoms with E-state index < -0.39 is 0 Å². The summed E-state index contributed by atoms with van der Waals surface area (Å²) in [5.74, 6) is 2.49. The molecule has 0 aliphatic carbocycles. The molecule has 0 saturated carbocycles. The normalized spacial score (nSPS) is 10.3. The zero-order chi connectivity index (χ0) is 20.1. The van der Waals surface area contributed by atoms with E-state index in [0.717, 1.165) is 11.3 Å². The SMILES string of the molecule is COc1cc(Nc2nncc(Nc3ccc(C)cc3C)n2)cc(OC)c1OC. The standard InChI is InChI=1S/C20H23N5O3/c1-12-6-7-15(13(2)8-12)23-18-11-21-25-20(24-18)22-14-9-16(26-3)19(28-5)17(10-14)27-4/h6-11H,1-5H3,(H2,22,23,24,25). The van der Waals surface area contributed by atoms with Crippen molar-refractivity contribution < 1.29 is 14.2 Å². The minimum absolute atomic E-state index is 0.337. The van der Waals surface area contributed by atoms with E-state index in [1.165, 1.54) is 5.56 Å². The monoisotopic (exact) mass is 381 g/mol. The molecule has 0 spiro atoms. The van der Waals surface area contributed by atoms with Crippen molar-refractivity contribution in [2.24, 2.45) is 0 Å². The molecule has 0 fully saturated rings. The average Bonchev–Trinajstić information content (AvgIpc) is 2.69. The zero-order valence-corrected chi connectivity index (χ0v) is 16.5. The predicted octanol–water partition coefficient (Wildman–Crippen LogP) is 4.00. The summed E-state index contributed by atoms with van der Waals surface area (Å²) < 4.78 is 16.1. The van der Waals surface area contributed by atoms with Crippen molar-refractivity contribution in [1.29, 1.82) is 0 Å². The molecule has 2 aromatic carbocycles. The van der Waals surface area contributed by atoms with Crippen LogP contribution < -0.4 is 24.8 Å². The Kier molecular flexibility index (Phi) is 5.78. The van der Waals surface area contributed by atoms with E-state index in [4.69, 9.17) is 14.2 Å². The number of benzene rings is 2. The lowest BCUT2D eigenvalue weighted by Crippen LogP contribution is -2.04. The minimum Gasteiger partial charge on any atom is -0.493 e. The van der Waals surface area contributed by atoms with Crippen molar-refractivity contribution in [2.45, 2.75) is 13.8 Å². The molecule has 0 bridgehead atoms. The van der Waals surface area contributed by atoms with Gasteiger partial charge in [-0.3, -0.25) is 0 Å². The largest absolute Gasteiger partial charge is 0.493 e. The van der Waals surface area contributed by atoms with Gasteiger partial charge in [-0.25, -0.2) is 0 Å². The lowest BCUT2D eigenvalue weighted by Gasteiger charge is -2.14. The number of aromatic nitrogens is 3. The maximum atomic E-state index is 5.37. The first-order valence-electron chi connectivity index (χ1n) is 8.65. The maximum Gasteiger partial charge on any atom is 0.249 e. The highest BCUT2D eigenvalue weighted by Crippen LogP contribution is 2.40. The summed E-state index contributed by atoms with van der Waals surface area (Å²) in [5.41, 5.74) is 3.97. The third-order valence-electron chi connectivity index (χ3n) is 4.12. The van der Waals surface area contributed by atoms with Crippen LogP contribution in [-0.2, 0) is 0 Å². The molecule has 1 aromatic heterocycles. The van der Waals surface area contributed by atoms with E-state index >= 15 is 0 Å². The fourth-order valence-electron chi connectivity index (χ4n) is 2.79. The Morgan fingerprint density at radius 3 is 2.18 bits per heavy atom. The van der Waals surface area contributed by atoms with E-state index in [1.807, 2.05) is 19.1 Å². The second-order valence-electron chi connectivity index (χ2n) is 6.15. The first-order valence-corrected chi connectivity index (χ1v) is 8.65. The van der Waals surface area contributed by atoms with Gasteiger partial charge in [0.2, 0.25) is 11.7 Å². The summed E-state index contributed by atoms with van der Waals surface area (Å²) in [6.45, 7) is 4.10. The molecule has 28 heavy (non-hydrogen) atoms. The first kappa shape index (κ1) is 19.2. The first-order chi connectivity index (χ1) is 13.5. The molecule has 0 atom stereocenters. The van der Waals surface area contributed by atoms with E-state index in [0.29, 0.717) is 34.7 Å². The number of anilines is 4. The topological polar surface area (TPSA) is 90.4 Å². The van der Waals surface area contributed by atoms with Crippen LogP contribution in [0, 0.1) is 13.8 Å². The molecule has 2 N–H and O–H groups in total. The van der Waals surface area contributed by atoms with Crippen molar-refractivity contribution in [2.75, 3.05) is 32.0 Å². The van der Waals surface area contributed by atoms with Gasteiger partial charge in [-0.15, -0.1) is 5.10 Å². The molecular formula is C20H23N5O3. The second-order valence-corrected chi connectivity index (χ2v) is 6.15. The minimum atomic E-state index is 0.337. The molecule has 1 heterocycles. The van der Waals surface area contributed by atoms with Gasteiger partial charge in [0.15, 0.2) is 17.3 Å². The van der Waals surface area contributed by atoms with Gasteiger partial charge >= 0.3 is 0 Å². The maximum absolute atomic E-state index is 5.37. The van der Waals surface area contributed by atoms with Crippen LogP contribution in [0.3, 0.4) is 0 Å². The Labute approximate surface area is 163 Å². The smallest absolute Gasteiger partial charge is 0.249 e. The van der Waals surface area contributed by atoms with Gasteiger partial charge in [0.1, 0.15) is 0 Å². The number of rotatable bonds is 7. The van der Waals surface area contributed by atoms with Gasteiger partial charge in [0.05, 0.1) is 27.5 Å². The Morgan fingerprint density at radius 2 is 1.57 bits per heavy atom. The lowest BCUT2D eigenvalue weighted by molar-refractivity contribution is 0.324. The van der Waals surface area contributed by atoms with Crippen LogP contribution in [0.5, 0.6) is 17.2 Å². The average molecular weight is 381 g/mol. The predicted molar refractivity (Wildman–Crippen MR) is 108 cm³/mol. The van der Waals surface area contributed by atoms with Crippen molar-refractivity contribution in [3.63, 3.8) is 0 Å². The molecule has 3 rings (SSSR count). The van der Waals surface area contributed by atoms with Gasteiger partial charge in [-0.05, 0) is 25.5 Å². The molecule has 0 unspecified atom stereocenters. The molecular weight excluding hydrogens is 358 g/mol. The van der Waals surface area contributed by atoms with Crippen LogP contribution in [0.4, 0.5) is 23.1 Å². The summed E-state index contributed by atoms with van der Waals surface area (Å²) in [6, 6.07) is 9.70. The van der Waals surface area contributed by atoms with Crippen LogP contribution in [0.1, 0.15) is 11.1 Å². The highest BCUT2D eigenvalue weighted by molar-refractivity contribution is 5.66. The number of ether oxygens (including phenoxy) is 3. The van der Waals surface area contributed by atoms with Gasteiger partial charge in [0.25, 0.3) is 0 Å². The van der Waals surface area contributed by atoms with E-state index in [2.05, 4.69) is 38.8 Å². The van der Waals surface area contributed by atoms with E-state index in [9.17, 15) is 0 Å². The summed E-state index contributed by atoms with van der Waals surface area (Å²) in [5, 5.41) is 14.4. The molecule has 0 amide bonds. The summed E-state index contributed by atoms with van der Waals surface area (Å²) >= 11 is 0. The van der Waals surface area contributed by atoms with E-state index in [-0.39, 0.29) is 0 Å². The number of hydrogen-bond acceptors (Lipinski definition) is 8. The zero-order valence-electron chi connectivity index (χ0n) is 16.5. The molecule has 146 valence electrons. The third-order valence-corrected chi connectivity index (χ3v) is 4.12. The lowest BCUT2D eigenvalue weighted by atomic mass is 10.1. The van der Waals surface area contributed by atoms with Crippen molar-refractivity contribution in [3.8, 4) is 17.2 Å². The van der Waals surface area contributed by atoms with Crippen LogP contribution in [0.2, 0.25) is 0 Å². The van der Waals surface area contributed by atoms with Crippen molar-refractivity contribution in [3.05, 3.63) is 47.7 Å². The number of nitrogens with zero attached hydrogens (tertiary/aromatic N) is 3. The Bertz CT molecular complexity index is 953. The Hall–Kier alpha value is -3.55. The fourth-order valence-corrected chi connectivity index (χ4v) is 2.79. The van der Waals surface area contributed by atoms with Gasteiger partial charge in [0, 0.05) is 23.5 Å². The van der Waals surface area contributed by atoms with Crippen LogP contribution >= 0.6 is 0 Å². The molecule has 8 heteroatoms. The number of nitrogens with one attached hydrogen (secondary N) is 2. The van der Waals surface area contributed by atoms with E-state index in [1.54, 1.807) is 39.7 Å².